The Bertz CT molecular complexity index is 335. The predicted molar refractivity (Wildman–Crippen MR) is 65.8 cm³/mol. The Balaban J connectivity index is 2.81. The highest BCUT2D eigenvalue weighted by atomic mass is 16.3. The van der Waals surface area contributed by atoms with Gasteiger partial charge in [0, 0.05) is 25.2 Å². The summed E-state index contributed by atoms with van der Waals surface area (Å²) in [5, 5.41) is 11.7. The number of hydrogen-bond acceptors (Lipinski definition) is 5. The van der Waals surface area contributed by atoms with Crippen molar-refractivity contribution in [2.24, 2.45) is 0 Å². The number of aliphatic hydroxyl groups excluding tert-OH is 1. The minimum atomic E-state index is 0.0165. The van der Waals surface area contributed by atoms with Crippen molar-refractivity contribution in [1.82, 2.24) is 9.97 Å². The number of aliphatic hydroxyl groups is 1. The van der Waals surface area contributed by atoms with Crippen molar-refractivity contribution < 1.29 is 5.11 Å². The summed E-state index contributed by atoms with van der Waals surface area (Å²) in [5.41, 5.74) is 0.0165. The second-order valence-electron chi connectivity index (χ2n) is 4.64. The van der Waals surface area contributed by atoms with Gasteiger partial charge in [-0.25, -0.2) is 9.97 Å². The van der Waals surface area contributed by atoms with E-state index in [2.05, 4.69) is 41.0 Å². The van der Waals surface area contributed by atoms with Gasteiger partial charge in [-0.2, -0.15) is 0 Å². The maximum absolute atomic E-state index is 8.72. The molecule has 0 saturated carbocycles. The first-order valence-electron chi connectivity index (χ1n) is 5.36. The lowest BCUT2D eigenvalue weighted by atomic mass is 10.1. The molecule has 16 heavy (non-hydrogen) atoms. The van der Waals surface area contributed by atoms with Gasteiger partial charge >= 0.3 is 0 Å². The Morgan fingerprint density at radius 3 is 2.62 bits per heavy atom. The quantitative estimate of drug-likeness (QED) is 0.802. The van der Waals surface area contributed by atoms with Crippen LogP contribution in [0.2, 0.25) is 0 Å². The van der Waals surface area contributed by atoms with Crippen LogP contribution in [-0.2, 0) is 0 Å². The molecule has 0 radical (unpaired) electrons. The summed E-state index contributed by atoms with van der Waals surface area (Å²) in [7, 11) is 2.00. The number of hydrogen-bond donors (Lipinski definition) is 2. The third kappa shape index (κ3) is 3.34. The van der Waals surface area contributed by atoms with Crippen LogP contribution in [0.3, 0.4) is 0 Å². The molecule has 0 aliphatic rings. The molecule has 0 aliphatic heterocycles. The van der Waals surface area contributed by atoms with E-state index in [1.54, 1.807) is 0 Å². The Hall–Kier alpha value is -1.36. The highest BCUT2D eigenvalue weighted by molar-refractivity contribution is 5.49. The lowest BCUT2D eigenvalue weighted by Gasteiger charge is -2.33. The van der Waals surface area contributed by atoms with Crippen molar-refractivity contribution in [2.75, 3.05) is 30.4 Å². The zero-order valence-corrected chi connectivity index (χ0v) is 10.4. The van der Waals surface area contributed by atoms with Crippen LogP contribution in [0.15, 0.2) is 12.4 Å². The third-order valence-electron chi connectivity index (χ3n) is 2.42. The van der Waals surface area contributed by atoms with E-state index in [1.165, 1.54) is 6.33 Å². The minimum absolute atomic E-state index is 0.0165. The lowest BCUT2D eigenvalue weighted by molar-refractivity contribution is 0.311. The van der Waals surface area contributed by atoms with Crippen LogP contribution in [0, 0.1) is 0 Å². The van der Waals surface area contributed by atoms with Crippen molar-refractivity contribution in [3.05, 3.63) is 12.4 Å². The molecule has 0 amide bonds. The molecule has 2 N–H and O–H groups in total. The smallest absolute Gasteiger partial charge is 0.134 e. The molecular formula is C11H20N4O. The van der Waals surface area contributed by atoms with Crippen LogP contribution in [0.1, 0.15) is 20.8 Å². The fraction of sp³-hybridized carbons (Fsp3) is 0.636. The molecule has 1 aromatic rings. The van der Waals surface area contributed by atoms with Crippen LogP contribution in [0.5, 0.6) is 0 Å². The van der Waals surface area contributed by atoms with Crippen LogP contribution < -0.4 is 10.2 Å². The summed E-state index contributed by atoms with van der Waals surface area (Å²) in [5.74, 6) is 1.60. The molecule has 0 spiro atoms. The molecule has 0 saturated heterocycles. The molecule has 5 nitrogen and oxygen atoms in total. The van der Waals surface area contributed by atoms with E-state index >= 15 is 0 Å². The third-order valence-corrected chi connectivity index (χ3v) is 2.42. The first-order chi connectivity index (χ1) is 7.45. The zero-order chi connectivity index (χ0) is 12.2. The van der Waals surface area contributed by atoms with Gasteiger partial charge in [-0.1, -0.05) is 0 Å². The summed E-state index contributed by atoms with van der Waals surface area (Å²) < 4.78 is 0. The van der Waals surface area contributed by atoms with Gasteiger partial charge in [-0.15, -0.1) is 0 Å². The van der Waals surface area contributed by atoms with Gasteiger partial charge < -0.3 is 15.3 Å². The van der Waals surface area contributed by atoms with Crippen molar-refractivity contribution >= 4 is 11.6 Å². The highest BCUT2D eigenvalue weighted by Gasteiger charge is 2.18. The van der Waals surface area contributed by atoms with Crippen LogP contribution >= 0.6 is 0 Å². The Morgan fingerprint density at radius 2 is 2.06 bits per heavy atom. The van der Waals surface area contributed by atoms with E-state index in [9.17, 15) is 0 Å². The molecular weight excluding hydrogens is 204 g/mol. The van der Waals surface area contributed by atoms with Gasteiger partial charge in [0.25, 0.3) is 0 Å². The van der Waals surface area contributed by atoms with Gasteiger partial charge in [0.05, 0.1) is 6.61 Å². The number of aromatic nitrogens is 2. The minimum Gasteiger partial charge on any atom is -0.395 e. The van der Waals surface area contributed by atoms with Crippen molar-refractivity contribution in [1.29, 1.82) is 0 Å². The summed E-state index contributed by atoms with van der Waals surface area (Å²) in [4.78, 5) is 10.4. The van der Waals surface area contributed by atoms with Crippen LogP contribution in [-0.4, -0.2) is 40.8 Å². The predicted octanol–water partition coefficient (Wildman–Crippen LogP) is 1.12. The monoisotopic (exact) mass is 224 g/mol. The van der Waals surface area contributed by atoms with E-state index in [0.717, 1.165) is 11.6 Å². The molecule has 90 valence electrons. The fourth-order valence-electron chi connectivity index (χ4n) is 1.15. The summed E-state index contributed by atoms with van der Waals surface area (Å²) in [6.07, 6.45) is 1.53. The maximum Gasteiger partial charge on any atom is 0.134 e. The number of nitrogens with one attached hydrogen (secondary N) is 1. The van der Waals surface area contributed by atoms with Gasteiger partial charge in [0.1, 0.15) is 18.0 Å². The molecule has 1 aromatic heterocycles. The number of rotatable bonds is 4. The van der Waals surface area contributed by atoms with E-state index in [0.29, 0.717) is 6.54 Å². The van der Waals surface area contributed by atoms with E-state index in [4.69, 9.17) is 5.11 Å². The van der Waals surface area contributed by atoms with Gasteiger partial charge in [0.15, 0.2) is 0 Å². The van der Waals surface area contributed by atoms with Crippen LogP contribution in [0.4, 0.5) is 11.6 Å². The lowest BCUT2D eigenvalue weighted by Crippen LogP contribution is -2.38. The number of anilines is 2. The Labute approximate surface area is 96.5 Å². The van der Waals surface area contributed by atoms with Crippen molar-refractivity contribution in [3.63, 3.8) is 0 Å². The topological polar surface area (TPSA) is 61.3 Å². The molecule has 1 heterocycles. The SMILES string of the molecule is CN(c1cc(NCCO)ncn1)C(C)(C)C. The Kier molecular flexibility index (Phi) is 4.06. The van der Waals surface area contributed by atoms with Crippen molar-refractivity contribution in [2.45, 2.75) is 26.3 Å². The maximum atomic E-state index is 8.72. The fourth-order valence-corrected chi connectivity index (χ4v) is 1.15. The van der Waals surface area contributed by atoms with Gasteiger partial charge in [0.2, 0.25) is 0 Å². The molecule has 0 aliphatic carbocycles. The molecule has 0 aromatic carbocycles. The van der Waals surface area contributed by atoms with E-state index < -0.39 is 0 Å². The summed E-state index contributed by atoms with van der Waals surface area (Å²) in [6, 6.07) is 1.88. The first kappa shape index (κ1) is 12.7. The second-order valence-corrected chi connectivity index (χ2v) is 4.64. The summed E-state index contributed by atoms with van der Waals surface area (Å²) in [6.45, 7) is 6.95. The molecule has 1 rings (SSSR count). The number of nitrogens with zero attached hydrogens (tertiary/aromatic N) is 3. The average molecular weight is 224 g/mol. The molecule has 0 bridgehead atoms. The van der Waals surface area contributed by atoms with E-state index in [1.807, 2.05) is 13.1 Å². The first-order valence-corrected chi connectivity index (χ1v) is 5.36. The van der Waals surface area contributed by atoms with E-state index in [-0.39, 0.29) is 12.1 Å². The summed E-state index contributed by atoms with van der Waals surface area (Å²) >= 11 is 0. The second kappa shape index (κ2) is 5.12. The largest absolute Gasteiger partial charge is 0.395 e. The molecule has 0 atom stereocenters. The Morgan fingerprint density at radius 1 is 1.38 bits per heavy atom. The standard InChI is InChI=1S/C11H20N4O/c1-11(2,3)15(4)10-7-9(12-5-6-16)13-8-14-10/h7-8,16H,5-6H2,1-4H3,(H,12,13,14). The van der Waals surface area contributed by atoms with Gasteiger partial charge in [-0.3, -0.25) is 0 Å². The molecule has 0 unspecified atom stereocenters. The highest BCUT2D eigenvalue weighted by Crippen LogP contribution is 2.20. The van der Waals surface area contributed by atoms with Crippen LogP contribution in [0.25, 0.3) is 0 Å². The van der Waals surface area contributed by atoms with Gasteiger partial charge in [-0.05, 0) is 20.8 Å². The molecule has 0 fully saturated rings. The van der Waals surface area contributed by atoms with Crippen molar-refractivity contribution in [3.8, 4) is 0 Å². The average Bonchev–Trinajstić information content (AvgIpc) is 2.24. The normalized spacial score (nSPS) is 11.3. The molecule has 5 heteroatoms. The zero-order valence-electron chi connectivity index (χ0n) is 10.4.